The van der Waals surface area contributed by atoms with E-state index in [4.69, 9.17) is 9.47 Å². The van der Waals surface area contributed by atoms with E-state index in [9.17, 15) is 0 Å². The van der Waals surface area contributed by atoms with Gasteiger partial charge in [0, 0.05) is 28.7 Å². The molecule has 0 atom stereocenters. The van der Waals surface area contributed by atoms with E-state index >= 15 is 0 Å². The summed E-state index contributed by atoms with van der Waals surface area (Å²) in [6.45, 7) is 0. The standard InChI is InChI=1S/C17H15BrN6O2S/c1-25-13-4-5-15(26-2)14(7-13)24-17(20-21-22-24)27-10-12-9-23-8-11(18)3-6-16(23)19-12/h3-9H,10H2,1-2H3. The Labute approximate surface area is 167 Å². The highest BCUT2D eigenvalue weighted by molar-refractivity contribution is 9.10. The van der Waals surface area contributed by atoms with Crippen molar-refractivity contribution in [2.24, 2.45) is 0 Å². The van der Waals surface area contributed by atoms with Crippen LogP contribution in [0.1, 0.15) is 5.69 Å². The Morgan fingerprint density at radius 3 is 2.81 bits per heavy atom. The molecule has 0 spiro atoms. The van der Waals surface area contributed by atoms with Crippen LogP contribution in [0, 0.1) is 0 Å². The largest absolute Gasteiger partial charge is 0.497 e. The van der Waals surface area contributed by atoms with E-state index in [2.05, 4.69) is 36.4 Å². The average molecular weight is 447 g/mol. The summed E-state index contributed by atoms with van der Waals surface area (Å²) >= 11 is 4.96. The fourth-order valence-corrected chi connectivity index (χ4v) is 3.73. The predicted molar refractivity (Wildman–Crippen MR) is 105 cm³/mol. The summed E-state index contributed by atoms with van der Waals surface area (Å²) in [5.41, 5.74) is 2.54. The van der Waals surface area contributed by atoms with E-state index in [1.54, 1.807) is 18.9 Å². The summed E-state index contributed by atoms with van der Waals surface area (Å²) in [5, 5.41) is 12.7. The third-order valence-electron chi connectivity index (χ3n) is 3.87. The lowest BCUT2D eigenvalue weighted by Crippen LogP contribution is -2.02. The molecule has 27 heavy (non-hydrogen) atoms. The first-order chi connectivity index (χ1) is 13.2. The van der Waals surface area contributed by atoms with E-state index in [-0.39, 0.29) is 0 Å². The average Bonchev–Trinajstić information content (AvgIpc) is 3.31. The van der Waals surface area contributed by atoms with Gasteiger partial charge in [-0.3, -0.25) is 0 Å². The number of hydrogen-bond donors (Lipinski definition) is 0. The number of rotatable bonds is 6. The summed E-state index contributed by atoms with van der Waals surface area (Å²) in [7, 11) is 3.22. The minimum atomic E-state index is 0.631. The molecule has 138 valence electrons. The molecule has 0 bridgehead atoms. The van der Waals surface area contributed by atoms with E-state index in [0.29, 0.717) is 28.1 Å². The summed E-state index contributed by atoms with van der Waals surface area (Å²) in [4.78, 5) is 4.62. The molecule has 0 saturated heterocycles. The smallest absolute Gasteiger partial charge is 0.214 e. The predicted octanol–water partition coefficient (Wildman–Crippen LogP) is 3.38. The molecule has 0 fully saturated rings. The number of halogens is 1. The number of benzene rings is 1. The number of nitrogens with zero attached hydrogens (tertiary/aromatic N) is 6. The molecule has 3 heterocycles. The molecule has 0 unspecified atom stereocenters. The third-order valence-corrected chi connectivity index (χ3v) is 5.29. The summed E-state index contributed by atoms with van der Waals surface area (Å²) in [6, 6.07) is 9.42. The summed E-state index contributed by atoms with van der Waals surface area (Å²) < 4.78 is 15.4. The normalized spacial score (nSPS) is 11.1. The lowest BCUT2D eigenvalue weighted by Gasteiger charge is -2.10. The van der Waals surface area contributed by atoms with Gasteiger partial charge in [-0.25, -0.2) is 4.98 Å². The Bertz CT molecular complexity index is 1100. The van der Waals surface area contributed by atoms with Gasteiger partial charge in [0.2, 0.25) is 5.16 Å². The van der Waals surface area contributed by atoms with Gasteiger partial charge in [0.05, 0.1) is 19.9 Å². The fourth-order valence-electron chi connectivity index (χ4n) is 2.61. The first kappa shape index (κ1) is 17.8. The lowest BCUT2D eigenvalue weighted by atomic mass is 10.3. The van der Waals surface area contributed by atoms with Gasteiger partial charge < -0.3 is 13.9 Å². The molecule has 0 aliphatic heterocycles. The van der Waals surface area contributed by atoms with Crippen molar-refractivity contribution in [1.29, 1.82) is 0 Å². The highest BCUT2D eigenvalue weighted by Gasteiger charge is 2.15. The van der Waals surface area contributed by atoms with Gasteiger partial charge >= 0.3 is 0 Å². The molecule has 0 amide bonds. The Hall–Kier alpha value is -2.59. The Morgan fingerprint density at radius 1 is 1.11 bits per heavy atom. The molecule has 10 heteroatoms. The first-order valence-electron chi connectivity index (χ1n) is 7.94. The lowest BCUT2D eigenvalue weighted by molar-refractivity contribution is 0.399. The first-order valence-corrected chi connectivity index (χ1v) is 9.72. The van der Waals surface area contributed by atoms with Crippen LogP contribution < -0.4 is 9.47 Å². The van der Waals surface area contributed by atoms with Crippen LogP contribution >= 0.6 is 27.7 Å². The number of ether oxygens (including phenoxy) is 2. The molecule has 0 aliphatic rings. The molecular formula is C17H15BrN6O2S. The van der Waals surface area contributed by atoms with E-state index in [1.807, 2.05) is 47.1 Å². The van der Waals surface area contributed by atoms with Crippen molar-refractivity contribution in [3.05, 3.63) is 52.9 Å². The van der Waals surface area contributed by atoms with Crippen molar-refractivity contribution >= 4 is 33.3 Å². The van der Waals surface area contributed by atoms with Crippen LogP contribution in [0.5, 0.6) is 11.5 Å². The molecule has 0 radical (unpaired) electrons. The van der Waals surface area contributed by atoms with Gasteiger partial charge in [-0.15, -0.1) is 5.10 Å². The second kappa shape index (κ2) is 7.57. The van der Waals surface area contributed by atoms with Gasteiger partial charge in [0.15, 0.2) is 0 Å². The van der Waals surface area contributed by atoms with Gasteiger partial charge in [-0.1, -0.05) is 11.8 Å². The van der Waals surface area contributed by atoms with Crippen LogP contribution in [-0.4, -0.2) is 43.8 Å². The number of pyridine rings is 1. The number of thioether (sulfide) groups is 1. The van der Waals surface area contributed by atoms with Crippen LogP contribution in [0.3, 0.4) is 0 Å². The summed E-state index contributed by atoms with van der Waals surface area (Å²) in [6.07, 6.45) is 3.97. The number of imidazole rings is 1. The van der Waals surface area contributed by atoms with Gasteiger partial charge in [-0.2, -0.15) is 4.68 Å². The van der Waals surface area contributed by atoms with Gasteiger partial charge in [-0.05, 0) is 50.6 Å². The number of aromatic nitrogens is 6. The van der Waals surface area contributed by atoms with E-state index < -0.39 is 0 Å². The zero-order chi connectivity index (χ0) is 18.8. The topological polar surface area (TPSA) is 79.4 Å². The van der Waals surface area contributed by atoms with Crippen LogP contribution in [-0.2, 0) is 5.75 Å². The third kappa shape index (κ3) is 3.62. The Balaban J connectivity index is 1.60. The molecule has 0 aliphatic carbocycles. The highest BCUT2D eigenvalue weighted by Crippen LogP contribution is 2.30. The van der Waals surface area contributed by atoms with Crippen molar-refractivity contribution in [3.63, 3.8) is 0 Å². The summed E-state index contributed by atoms with van der Waals surface area (Å²) in [5.74, 6) is 1.98. The SMILES string of the molecule is COc1ccc(OC)c(-n2nnnc2SCc2cn3cc(Br)ccc3n2)c1. The fraction of sp³-hybridized carbons (Fsp3) is 0.176. The quantitative estimate of drug-likeness (QED) is 0.420. The number of tetrazole rings is 1. The number of methoxy groups -OCH3 is 2. The highest BCUT2D eigenvalue weighted by atomic mass is 79.9. The van der Waals surface area contributed by atoms with E-state index in [0.717, 1.165) is 15.8 Å². The zero-order valence-electron chi connectivity index (χ0n) is 14.5. The van der Waals surface area contributed by atoms with Gasteiger partial charge in [0.25, 0.3) is 0 Å². The van der Waals surface area contributed by atoms with Crippen LogP contribution in [0.25, 0.3) is 11.3 Å². The van der Waals surface area contributed by atoms with Crippen LogP contribution in [0.4, 0.5) is 0 Å². The van der Waals surface area contributed by atoms with E-state index in [1.165, 1.54) is 11.8 Å². The van der Waals surface area contributed by atoms with Crippen molar-refractivity contribution in [1.82, 2.24) is 29.6 Å². The molecule has 0 saturated carbocycles. The minimum Gasteiger partial charge on any atom is -0.497 e. The Morgan fingerprint density at radius 2 is 2.00 bits per heavy atom. The molecule has 1 aromatic carbocycles. The molecular weight excluding hydrogens is 432 g/mol. The van der Waals surface area contributed by atoms with Crippen molar-refractivity contribution in [2.75, 3.05) is 14.2 Å². The van der Waals surface area contributed by atoms with Crippen molar-refractivity contribution in [3.8, 4) is 17.2 Å². The molecule has 8 nitrogen and oxygen atoms in total. The number of hydrogen-bond acceptors (Lipinski definition) is 7. The molecule has 0 N–H and O–H groups in total. The second-order valence-electron chi connectivity index (χ2n) is 5.54. The number of fused-ring (bicyclic) bond motifs is 1. The van der Waals surface area contributed by atoms with Crippen LogP contribution in [0.15, 0.2) is 52.4 Å². The maximum atomic E-state index is 5.44. The monoisotopic (exact) mass is 446 g/mol. The molecule has 4 rings (SSSR count). The molecule has 3 aromatic heterocycles. The Kier molecular flexibility index (Phi) is 4.99. The van der Waals surface area contributed by atoms with Crippen LogP contribution in [0.2, 0.25) is 0 Å². The van der Waals surface area contributed by atoms with Gasteiger partial charge in [0.1, 0.15) is 22.8 Å². The molecule has 4 aromatic rings. The van der Waals surface area contributed by atoms with Crippen molar-refractivity contribution in [2.45, 2.75) is 10.9 Å². The second-order valence-corrected chi connectivity index (χ2v) is 7.40. The van der Waals surface area contributed by atoms with Crippen molar-refractivity contribution < 1.29 is 9.47 Å². The maximum Gasteiger partial charge on any atom is 0.214 e. The maximum absolute atomic E-state index is 5.44. The zero-order valence-corrected chi connectivity index (χ0v) is 16.9. The minimum absolute atomic E-state index is 0.631.